The molecular weight excluding hydrogens is 228 g/mol. The zero-order valence-corrected chi connectivity index (χ0v) is 11.0. The van der Waals surface area contributed by atoms with E-state index in [1.165, 1.54) is 35.5 Å². The molecule has 1 saturated carbocycles. The van der Waals surface area contributed by atoms with E-state index in [1.54, 1.807) is 0 Å². The van der Waals surface area contributed by atoms with Crippen molar-refractivity contribution >= 4 is 11.8 Å². The van der Waals surface area contributed by atoms with Gasteiger partial charge in [-0.2, -0.15) is 11.8 Å². The Balaban J connectivity index is 1.81. The zero-order valence-electron chi connectivity index (χ0n) is 10.2. The molecule has 3 rings (SSSR count). The molecule has 17 heavy (non-hydrogen) atoms. The molecule has 2 aliphatic rings. The lowest BCUT2D eigenvalue weighted by atomic mass is 9.87. The quantitative estimate of drug-likeness (QED) is 0.885. The van der Waals surface area contributed by atoms with Crippen molar-refractivity contribution in [3.05, 3.63) is 35.4 Å². The molecule has 1 N–H and O–H groups in total. The van der Waals surface area contributed by atoms with E-state index in [9.17, 15) is 5.11 Å². The van der Waals surface area contributed by atoms with E-state index in [0.29, 0.717) is 0 Å². The van der Waals surface area contributed by atoms with Gasteiger partial charge >= 0.3 is 0 Å². The largest absolute Gasteiger partial charge is 0.390 e. The standard InChI is InChI=1S/C15H20OS/c16-15(7-8-15)11-13-3-1-2-4-14(13)12-5-9-17-10-6-12/h1-4,12,16H,5-11H2. The summed E-state index contributed by atoms with van der Waals surface area (Å²) in [5, 5.41) is 10.1. The van der Waals surface area contributed by atoms with Crippen molar-refractivity contribution in [1.29, 1.82) is 0 Å². The molecule has 1 aromatic rings. The first-order valence-electron chi connectivity index (χ1n) is 6.65. The minimum Gasteiger partial charge on any atom is -0.390 e. The maximum atomic E-state index is 10.1. The zero-order chi connectivity index (χ0) is 11.7. The summed E-state index contributed by atoms with van der Waals surface area (Å²) in [5.41, 5.74) is 2.54. The Bertz CT molecular complexity index is 392. The van der Waals surface area contributed by atoms with Crippen LogP contribution in [0.3, 0.4) is 0 Å². The number of hydrogen-bond donors (Lipinski definition) is 1. The van der Waals surface area contributed by atoms with Crippen LogP contribution in [-0.2, 0) is 6.42 Å². The summed E-state index contributed by atoms with van der Waals surface area (Å²) in [6.07, 6.45) is 5.46. The maximum Gasteiger partial charge on any atom is 0.0690 e. The topological polar surface area (TPSA) is 20.2 Å². The van der Waals surface area contributed by atoms with Gasteiger partial charge in [0.05, 0.1) is 5.60 Å². The van der Waals surface area contributed by atoms with E-state index >= 15 is 0 Å². The summed E-state index contributed by atoms with van der Waals surface area (Å²) in [5.74, 6) is 3.32. The van der Waals surface area contributed by atoms with Crippen LogP contribution < -0.4 is 0 Å². The van der Waals surface area contributed by atoms with E-state index in [1.807, 2.05) is 0 Å². The first kappa shape index (κ1) is 11.6. The van der Waals surface area contributed by atoms with Gasteiger partial charge in [0.2, 0.25) is 0 Å². The predicted molar refractivity (Wildman–Crippen MR) is 73.6 cm³/mol. The van der Waals surface area contributed by atoms with Crippen molar-refractivity contribution in [2.45, 2.75) is 43.6 Å². The molecule has 0 bridgehead atoms. The van der Waals surface area contributed by atoms with Gasteiger partial charge < -0.3 is 5.11 Å². The Morgan fingerprint density at radius 1 is 1.18 bits per heavy atom. The molecule has 2 fully saturated rings. The molecule has 1 nitrogen and oxygen atoms in total. The minimum absolute atomic E-state index is 0.362. The first-order chi connectivity index (χ1) is 8.27. The highest BCUT2D eigenvalue weighted by atomic mass is 32.2. The smallest absolute Gasteiger partial charge is 0.0690 e. The van der Waals surface area contributed by atoms with Crippen LogP contribution in [0.1, 0.15) is 42.7 Å². The molecule has 1 saturated heterocycles. The molecule has 92 valence electrons. The summed E-state index contributed by atoms with van der Waals surface area (Å²) in [6, 6.07) is 8.76. The predicted octanol–water partition coefficient (Wildman–Crippen LogP) is 3.36. The first-order valence-corrected chi connectivity index (χ1v) is 7.80. The Labute approximate surface area is 108 Å². The molecule has 0 radical (unpaired) electrons. The second-order valence-electron chi connectivity index (χ2n) is 5.49. The van der Waals surface area contributed by atoms with Crippen LogP contribution in [-0.4, -0.2) is 22.2 Å². The summed E-state index contributed by atoms with van der Waals surface area (Å²) in [6.45, 7) is 0. The van der Waals surface area contributed by atoms with Gasteiger partial charge in [0.1, 0.15) is 0 Å². The molecule has 0 atom stereocenters. The number of thioether (sulfide) groups is 1. The Kier molecular flexibility index (Phi) is 3.18. The fourth-order valence-electron chi connectivity index (χ4n) is 2.78. The van der Waals surface area contributed by atoms with Crippen LogP contribution in [0, 0.1) is 0 Å². The molecule has 1 aliphatic heterocycles. The summed E-state index contributed by atoms with van der Waals surface area (Å²) in [4.78, 5) is 0. The van der Waals surface area contributed by atoms with E-state index in [-0.39, 0.29) is 5.60 Å². The van der Waals surface area contributed by atoms with Crippen molar-refractivity contribution in [2.24, 2.45) is 0 Å². The third-order valence-electron chi connectivity index (χ3n) is 4.06. The van der Waals surface area contributed by atoms with Crippen LogP contribution in [0.2, 0.25) is 0 Å². The molecular formula is C15H20OS. The second kappa shape index (κ2) is 4.66. The lowest BCUT2D eigenvalue weighted by Gasteiger charge is -2.24. The van der Waals surface area contributed by atoms with Crippen LogP contribution in [0.15, 0.2) is 24.3 Å². The maximum absolute atomic E-state index is 10.1. The van der Waals surface area contributed by atoms with E-state index in [0.717, 1.165) is 25.2 Å². The third kappa shape index (κ3) is 2.69. The second-order valence-corrected chi connectivity index (χ2v) is 6.71. The Morgan fingerprint density at radius 2 is 1.88 bits per heavy atom. The molecule has 1 aliphatic carbocycles. The normalized spacial score (nSPS) is 23.6. The van der Waals surface area contributed by atoms with E-state index < -0.39 is 0 Å². The van der Waals surface area contributed by atoms with Gasteiger partial charge in [-0.25, -0.2) is 0 Å². The number of aliphatic hydroxyl groups is 1. The molecule has 1 aromatic carbocycles. The summed E-state index contributed by atoms with van der Waals surface area (Å²) >= 11 is 2.08. The lowest BCUT2D eigenvalue weighted by Crippen LogP contribution is -2.15. The summed E-state index contributed by atoms with van der Waals surface area (Å²) in [7, 11) is 0. The average molecular weight is 248 g/mol. The van der Waals surface area contributed by atoms with Crippen LogP contribution in [0.4, 0.5) is 0 Å². The highest BCUT2D eigenvalue weighted by molar-refractivity contribution is 7.99. The number of benzene rings is 1. The van der Waals surface area contributed by atoms with Gasteiger partial charge in [-0.3, -0.25) is 0 Å². The fourth-order valence-corrected chi connectivity index (χ4v) is 3.88. The highest BCUT2D eigenvalue weighted by Crippen LogP contribution is 2.41. The average Bonchev–Trinajstić information content (AvgIpc) is 3.09. The Hall–Kier alpha value is -0.470. The van der Waals surface area contributed by atoms with Crippen LogP contribution in [0.5, 0.6) is 0 Å². The van der Waals surface area contributed by atoms with Gasteiger partial charge in [-0.1, -0.05) is 24.3 Å². The molecule has 1 heterocycles. The van der Waals surface area contributed by atoms with Gasteiger partial charge in [-0.15, -0.1) is 0 Å². The number of hydrogen-bond acceptors (Lipinski definition) is 2. The SMILES string of the molecule is OC1(Cc2ccccc2C2CCSCC2)CC1. The number of rotatable bonds is 3. The fraction of sp³-hybridized carbons (Fsp3) is 0.600. The third-order valence-corrected chi connectivity index (χ3v) is 5.11. The van der Waals surface area contributed by atoms with Crippen LogP contribution >= 0.6 is 11.8 Å². The highest BCUT2D eigenvalue weighted by Gasteiger charge is 2.40. The monoisotopic (exact) mass is 248 g/mol. The van der Waals surface area contributed by atoms with Gasteiger partial charge in [-0.05, 0) is 54.2 Å². The van der Waals surface area contributed by atoms with Crippen LogP contribution in [0.25, 0.3) is 0 Å². The van der Waals surface area contributed by atoms with Crippen molar-refractivity contribution in [2.75, 3.05) is 11.5 Å². The van der Waals surface area contributed by atoms with Crippen molar-refractivity contribution < 1.29 is 5.11 Å². The van der Waals surface area contributed by atoms with Crippen molar-refractivity contribution in [3.8, 4) is 0 Å². The van der Waals surface area contributed by atoms with E-state index in [2.05, 4.69) is 36.0 Å². The molecule has 0 unspecified atom stereocenters. The molecule has 2 heteroatoms. The molecule has 0 aromatic heterocycles. The molecule has 0 spiro atoms. The summed E-state index contributed by atoms with van der Waals surface area (Å²) < 4.78 is 0. The lowest BCUT2D eigenvalue weighted by molar-refractivity contribution is 0.150. The Morgan fingerprint density at radius 3 is 2.59 bits per heavy atom. The van der Waals surface area contributed by atoms with E-state index in [4.69, 9.17) is 0 Å². The van der Waals surface area contributed by atoms with Crippen molar-refractivity contribution in [1.82, 2.24) is 0 Å². The minimum atomic E-state index is -0.362. The van der Waals surface area contributed by atoms with Gasteiger partial charge in [0.25, 0.3) is 0 Å². The van der Waals surface area contributed by atoms with Gasteiger partial charge in [0.15, 0.2) is 0 Å². The molecule has 0 amide bonds. The van der Waals surface area contributed by atoms with Gasteiger partial charge in [0, 0.05) is 6.42 Å². The van der Waals surface area contributed by atoms with Crippen molar-refractivity contribution in [3.63, 3.8) is 0 Å².